The van der Waals surface area contributed by atoms with Gasteiger partial charge >= 0.3 is 5.97 Å². The molecule has 3 unspecified atom stereocenters. The van der Waals surface area contributed by atoms with Gasteiger partial charge < -0.3 is 14.5 Å². The minimum Gasteiger partial charge on any atom is -0.467 e. The third kappa shape index (κ3) is 7.04. The van der Waals surface area contributed by atoms with E-state index in [1.54, 1.807) is 23.9 Å². The zero-order chi connectivity index (χ0) is 27.8. The molecule has 212 valence electrons. The summed E-state index contributed by atoms with van der Waals surface area (Å²) in [5.41, 5.74) is 1.56. The molecule has 2 aliphatic rings. The van der Waals surface area contributed by atoms with Gasteiger partial charge in [-0.3, -0.25) is 4.99 Å². The molecule has 0 amide bonds. The largest absolute Gasteiger partial charge is 0.467 e. The van der Waals surface area contributed by atoms with Crippen LogP contribution in [0.15, 0.2) is 59.6 Å². The van der Waals surface area contributed by atoms with Crippen LogP contribution in [0.25, 0.3) is 0 Å². The third-order valence-corrected chi connectivity index (χ3v) is 9.69. The molecule has 2 aromatic carbocycles. The number of carbonyl (C=O) groups is 1. The summed E-state index contributed by atoms with van der Waals surface area (Å²) in [5.74, 6) is 2.10. The molecule has 2 aromatic rings. The Hall–Kier alpha value is -2.38. The number of benzene rings is 2. The predicted octanol–water partition coefficient (Wildman–Crippen LogP) is 6.59. The van der Waals surface area contributed by atoms with Crippen molar-refractivity contribution in [3.8, 4) is 0 Å². The lowest BCUT2D eigenvalue weighted by Gasteiger charge is -2.41. The Morgan fingerprint density at radius 1 is 1.13 bits per heavy atom. The van der Waals surface area contributed by atoms with Crippen molar-refractivity contribution in [1.82, 2.24) is 9.80 Å². The molecule has 0 bridgehead atoms. The second-order valence-electron chi connectivity index (χ2n) is 11.4. The van der Waals surface area contributed by atoms with Crippen molar-refractivity contribution in [3.63, 3.8) is 0 Å². The summed E-state index contributed by atoms with van der Waals surface area (Å²) in [4.78, 5) is 22.8. The van der Waals surface area contributed by atoms with Gasteiger partial charge in [0.2, 0.25) is 0 Å². The molecule has 7 heteroatoms. The van der Waals surface area contributed by atoms with Gasteiger partial charge in [-0.1, -0.05) is 62.2 Å². The van der Waals surface area contributed by atoms with Crippen LogP contribution >= 0.6 is 11.8 Å². The topological polar surface area (TPSA) is 45.1 Å². The van der Waals surface area contributed by atoms with Crippen LogP contribution in [0.5, 0.6) is 0 Å². The maximum Gasteiger partial charge on any atom is 0.336 e. The lowest BCUT2D eigenvalue weighted by Crippen LogP contribution is -2.54. The van der Waals surface area contributed by atoms with E-state index in [2.05, 4.69) is 55.1 Å². The monoisotopic (exact) mass is 553 g/mol. The molecule has 39 heavy (non-hydrogen) atoms. The Morgan fingerprint density at radius 2 is 1.82 bits per heavy atom. The number of carbonyl (C=O) groups excluding carboxylic acids is 1. The van der Waals surface area contributed by atoms with Gasteiger partial charge in [-0.15, -0.1) is 0 Å². The molecule has 1 heterocycles. The molecular weight excluding hydrogens is 509 g/mol. The summed E-state index contributed by atoms with van der Waals surface area (Å²) in [6.45, 7) is 3.06. The number of methoxy groups -OCH3 is 1. The first kappa shape index (κ1) is 29.6. The predicted molar refractivity (Wildman–Crippen MR) is 160 cm³/mol. The Labute approximate surface area is 238 Å². The fraction of sp³-hybridized carbons (Fsp3) is 0.562. The summed E-state index contributed by atoms with van der Waals surface area (Å²) in [7, 11) is 5.73. The Kier molecular flexibility index (Phi) is 10.5. The van der Waals surface area contributed by atoms with Gasteiger partial charge in [-0.25, -0.2) is 9.18 Å². The van der Waals surface area contributed by atoms with Crippen LogP contribution in [0, 0.1) is 17.7 Å². The van der Waals surface area contributed by atoms with Gasteiger partial charge in [0.1, 0.15) is 5.82 Å². The van der Waals surface area contributed by atoms with Crippen LogP contribution in [0.4, 0.5) is 4.39 Å². The molecule has 1 fully saturated rings. The van der Waals surface area contributed by atoms with Crippen molar-refractivity contribution < 1.29 is 13.9 Å². The van der Waals surface area contributed by atoms with Crippen molar-refractivity contribution in [2.24, 2.45) is 16.8 Å². The van der Waals surface area contributed by atoms with Crippen molar-refractivity contribution in [2.75, 3.05) is 33.5 Å². The van der Waals surface area contributed by atoms with Gasteiger partial charge in [-0.2, -0.15) is 11.8 Å². The molecule has 0 saturated heterocycles. The van der Waals surface area contributed by atoms with Crippen molar-refractivity contribution in [1.29, 1.82) is 0 Å². The molecule has 0 radical (unpaired) electrons. The molecule has 1 saturated carbocycles. The number of hydrogen-bond acceptors (Lipinski definition) is 6. The SMILES string of the molecule is CCCN1C=NC(CSCc2ccccc2)(C(=O)OC)C1CC1CCC(C(c2ccc(F)cc2)N(C)C)CC1. The van der Waals surface area contributed by atoms with Crippen LogP contribution in [-0.4, -0.2) is 67.2 Å². The summed E-state index contributed by atoms with van der Waals surface area (Å²) < 4.78 is 19.0. The van der Waals surface area contributed by atoms with Gasteiger partial charge in [0.15, 0.2) is 5.54 Å². The van der Waals surface area contributed by atoms with E-state index in [1.807, 2.05) is 24.5 Å². The smallest absolute Gasteiger partial charge is 0.336 e. The molecule has 3 atom stereocenters. The van der Waals surface area contributed by atoms with Crippen LogP contribution < -0.4 is 0 Å². The van der Waals surface area contributed by atoms with Gasteiger partial charge in [0.25, 0.3) is 0 Å². The van der Waals surface area contributed by atoms with Gasteiger partial charge in [-0.05, 0) is 74.9 Å². The number of nitrogens with zero attached hydrogens (tertiary/aromatic N) is 3. The zero-order valence-electron chi connectivity index (χ0n) is 23.9. The van der Waals surface area contributed by atoms with Crippen molar-refractivity contribution >= 4 is 24.1 Å². The first-order valence-electron chi connectivity index (χ1n) is 14.3. The standard InChI is InChI=1S/C32H44FN3O2S/c1-5-19-36-23-34-32(31(37)38-4,22-39-21-25-9-7-6-8-10-25)29(36)20-24-11-13-26(14-12-24)30(35(2)3)27-15-17-28(33)18-16-27/h6-10,15-18,23-24,26,29-30H,5,11-14,19-22H2,1-4H3. The Balaban J connectivity index is 1.45. The Bertz CT molecular complexity index is 1070. The number of thioether (sulfide) groups is 1. The first-order valence-corrected chi connectivity index (χ1v) is 15.5. The van der Waals surface area contributed by atoms with Crippen LogP contribution in [-0.2, 0) is 15.3 Å². The lowest BCUT2D eigenvalue weighted by molar-refractivity contribution is -0.147. The second kappa shape index (κ2) is 13.8. The summed E-state index contributed by atoms with van der Waals surface area (Å²) in [6.07, 6.45) is 8.36. The number of aliphatic imine (C=N–C) groups is 1. The van der Waals surface area contributed by atoms with Crippen LogP contribution in [0.2, 0.25) is 0 Å². The highest BCUT2D eigenvalue weighted by Crippen LogP contribution is 2.43. The Morgan fingerprint density at radius 3 is 2.44 bits per heavy atom. The minimum absolute atomic E-state index is 0.0106. The number of hydrogen-bond donors (Lipinski definition) is 0. The molecule has 1 aliphatic carbocycles. The molecule has 0 N–H and O–H groups in total. The van der Waals surface area contributed by atoms with Crippen molar-refractivity contribution in [3.05, 3.63) is 71.5 Å². The van der Waals surface area contributed by atoms with Crippen LogP contribution in [0.1, 0.15) is 62.6 Å². The average Bonchev–Trinajstić information content (AvgIpc) is 3.28. The van der Waals surface area contributed by atoms with E-state index in [9.17, 15) is 9.18 Å². The summed E-state index contributed by atoms with van der Waals surface area (Å²) in [6, 6.07) is 17.7. The normalized spacial score (nSPS) is 25.7. The van der Waals surface area contributed by atoms with E-state index in [0.717, 1.165) is 50.8 Å². The number of esters is 1. The third-order valence-electron chi connectivity index (χ3n) is 8.50. The quantitative estimate of drug-likeness (QED) is 0.278. The van der Waals surface area contributed by atoms with Gasteiger partial charge in [0.05, 0.1) is 19.5 Å². The highest BCUT2D eigenvalue weighted by molar-refractivity contribution is 7.98. The maximum absolute atomic E-state index is 13.6. The molecule has 0 aromatic heterocycles. The fourth-order valence-corrected chi connectivity index (χ4v) is 7.81. The molecule has 0 spiro atoms. The van der Waals surface area contributed by atoms with E-state index < -0.39 is 5.54 Å². The maximum atomic E-state index is 13.6. The summed E-state index contributed by atoms with van der Waals surface area (Å²) in [5, 5.41) is 0. The number of rotatable bonds is 12. The van der Waals surface area contributed by atoms with Crippen LogP contribution in [0.3, 0.4) is 0 Å². The average molecular weight is 554 g/mol. The molecule has 5 nitrogen and oxygen atoms in total. The van der Waals surface area contributed by atoms with Crippen molar-refractivity contribution in [2.45, 2.75) is 68.8 Å². The summed E-state index contributed by atoms with van der Waals surface area (Å²) >= 11 is 1.76. The fourth-order valence-electron chi connectivity index (χ4n) is 6.58. The number of halogens is 1. The highest BCUT2D eigenvalue weighted by Gasteiger charge is 2.52. The molecule has 4 rings (SSSR count). The van der Waals surface area contributed by atoms with E-state index in [0.29, 0.717) is 17.6 Å². The number of ether oxygens (including phenoxy) is 1. The zero-order valence-corrected chi connectivity index (χ0v) is 24.7. The van der Waals surface area contributed by atoms with E-state index >= 15 is 0 Å². The first-order chi connectivity index (χ1) is 18.9. The lowest BCUT2D eigenvalue weighted by atomic mass is 9.73. The van der Waals surface area contributed by atoms with E-state index in [1.165, 1.54) is 18.2 Å². The van der Waals surface area contributed by atoms with E-state index in [-0.39, 0.29) is 23.9 Å². The second-order valence-corrected chi connectivity index (χ2v) is 12.4. The molecule has 1 aliphatic heterocycles. The van der Waals surface area contributed by atoms with Gasteiger partial charge in [0, 0.05) is 24.1 Å². The molecular formula is C32H44FN3O2S. The highest BCUT2D eigenvalue weighted by atomic mass is 32.2. The van der Waals surface area contributed by atoms with E-state index in [4.69, 9.17) is 9.73 Å². The minimum atomic E-state index is -0.875.